The fourth-order valence-electron chi connectivity index (χ4n) is 0.350. The van der Waals surface area contributed by atoms with Crippen LogP contribution in [0.4, 0.5) is 0 Å². The van der Waals surface area contributed by atoms with Crippen molar-refractivity contribution in [3.8, 4) is 0 Å². The van der Waals surface area contributed by atoms with E-state index in [-0.39, 0.29) is 6.61 Å². The van der Waals surface area contributed by atoms with Gasteiger partial charge < -0.3 is 14.6 Å². The van der Waals surface area contributed by atoms with Crippen LogP contribution in [0.25, 0.3) is 0 Å². The van der Waals surface area contributed by atoms with E-state index < -0.39 is 5.79 Å². The van der Waals surface area contributed by atoms with Crippen molar-refractivity contribution in [1.29, 1.82) is 0 Å². The highest BCUT2D eigenvalue weighted by Gasteiger charge is 2.17. The van der Waals surface area contributed by atoms with Crippen LogP contribution >= 0.6 is 0 Å². The summed E-state index contributed by atoms with van der Waals surface area (Å²) in [4.78, 5) is 0. The van der Waals surface area contributed by atoms with E-state index in [2.05, 4.69) is 4.74 Å². The van der Waals surface area contributed by atoms with Crippen molar-refractivity contribution in [3.05, 3.63) is 0 Å². The van der Waals surface area contributed by atoms with E-state index in [4.69, 9.17) is 9.84 Å². The second-order valence-electron chi connectivity index (χ2n) is 2.02. The third-order valence-electron chi connectivity index (χ3n) is 1.01. The topological polar surface area (TPSA) is 38.7 Å². The van der Waals surface area contributed by atoms with Crippen LogP contribution in [0.5, 0.6) is 0 Å². The molecular formula is C6H14O3. The van der Waals surface area contributed by atoms with Crippen molar-refractivity contribution in [2.75, 3.05) is 20.3 Å². The van der Waals surface area contributed by atoms with Crippen molar-refractivity contribution >= 4 is 0 Å². The maximum absolute atomic E-state index is 9.11. The predicted octanol–water partition coefficient (Wildman–Crippen LogP) is 0.378. The zero-order valence-electron chi connectivity index (χ0n) is 6.18. The standard InChI is InChI=1S/C6H14O3/c1-4-9-5-6(2,7)8-3/h7H,4-5H2,1-3H3. The van der Waals surface area contributed by atoms with Crippen LogP contribution < -0.4 is 0 Å². The Hall–Kier alpha value is -0.120. The van der Waals surface area contributed by atoms with Crippen molar-refractivity contribution in [2.24, 2.45) is 0 Å². The molecule has 0 bridgehead atoms. The molecule has 3 nitrogen and oxygen atoms in total. The summed E-state index contributed by atoms with van der Waals surface area (Å²) in [6.07, 6.45) is 0. The molecule has 0 saturated carbocycles. The molecule has 1 atom stereocenters. The summed E-state index contributed by atoms with van der Waals surface area (Å²) >= 11 is 0. The Bertz CT molecular complexity index is 70.7. The smallest absolute Gasteiger partial charge is 0.186 e. The summed E-state index contributed by atoms with van der Waals surface area (Å²) in [5.41, 5.74) is 0. The van der Waals surface area contributed by atoms with E-state index >= 15 is 0 Å². The molecule has 0 aromatic heterocycles. The van der Waals surface area contributed by atoms with Crippen molar-refractivity contribution in [1.82, 2.24) is 0 Å². The average Bonchev–Trinajstić information content (AvgIpc) is 1.84. The number of hydrogen-bond acceptors (Lipinski definition) is 3. The Balaban J connectivity index is 3.33. The lowest BCUT2D eigenvalue weighted by atomic mass is 10.3. The first-order chi connectivity index (χ1) is 4.12. The fraction of sp³-hybridized carbons (Fsp3) is 1.00. The molecule has 0 heterocycles. The molecule has 9 heavy (non-hydrogen) atoms. The lowest BCUT2D eigenvalue weighted by Crippen LogP contribution is -2.32. The molecular weight excluding hydrogens is 120 g/mol. The monoisotopic (exact) mass is 134 g/mol. The van der Waals surface area contributed by atoms with Gasteiger partial charge >= 0.3 is 0 Å². The molecule has 1 unspecified atom stereocenters. The van der Waals surface area contributed by atoms with Crippen LogP contribution in [-0.4, -0.2) is 31.2 Å². The fourth-order valence-corrected chi connectivity index (χ4v) is 0.350. The summed E-state index contributed by atoms with van der Waals surface area (Å²) in [6.45, 7) is 4.24. The van der Waals surface area contributed by atoms with Gasteiger partial charge in [-0.15, -0.1) is 0 Å². The summed E-state index contributed by atoms with van der Waals surface area (Å²) in [7, 11) is 1.44. The SMILES string of the molecule is CCOCC(C)(O)OC. The average molecular weight is 134 g/mol. The normalized spacial score (nSPS) is 17.3. The molecule has 3 heteroatoms. The van der Waals surface area contributed by atoms with Crippen LogP contribution in [0.3, 0.4) is 0 Å². The van der Waals surface area contributed by atoms with Crippen LogP contribution in [0.15, 0.2) is 0 Å². The van der Waals surface area contributed by atoms with Gasteiger partial charge in [0.1, 0.15) is 6.61 Å². The molecule has 0 amide bonds. The van der Waals surface area contributed by atoms with Crippen molar-refractivity contribution < 1.29 is 14.6 Å². The van der Waals surface area contributed by atoms with Gasteiger partial charge in [-0.2, -0.15) is 0 Å². The minimum Gasteiger partial charge on any atom is -0.376 e. The first-order valence-electron chi connectivity index (χ1n) is 2.97. The molecule has 1 N–H and O–H groups in total. The van der Waals surface area contributed by atoms with E-state index in [9.17, 15) is 0 Å². The van der Waals surface area contributed by atoms with Gasteiger partial charge in [-0.3, -0.25) is 0 Å². The number of ether oxygens (including phenoxy) is 2. The number of rotatable bonds is 4. The summed E-state index contributed by atoms with van der Waals surface area (Å²) < 4.78 is 9.58. The molecule has 0 aliphatic carbocycles. The molecule has 0 aliphatic rings. The van der Waals surface area contributed by atoms with Gasteiger partial charge in [0.05, 0.1) is 0 Å². The Morgan fingerprint density at radius 3 is 2.44 bits per heavy atom. The van der Waals surface area contributed by atoms with Crippen LogP contribution in [0, 0.1) is 0 Å². The maximum atomic E-state index is 9.11. The lowest BCUT2D eigenvalue weighted by Gasteiger charge is -2.20. The van der Waals surface area contributed by atoms with Gasteiger partial charge in [0.25, 0.3) is 0 Å². The molecule has 0 aromatic rings. The molecule has 0 fully saturated rings. The summed E-state index contributed by atoms with van der Waals surface area (Å²) in [6, 6.07) is 0. The van der Waals surface area contributed by atoms with E-state index in [0.29, 0.717) is 6.61 Å². The van der Waals surface area contributed by atoms with Crippen molar-refractivity contribution in [2.45, 2.75) is 19.6 Å². The van der Waals surface area contributed by atoms with Crippen LogP contribution in [-0.2, 0) is 9.47 Å². The summed E-state index contributed by atoms with van der Waals surface area (Å²) in [5.74, 6) is -1.13. The Morgan fingerprint density at radius 2 is 2.11 bits per heavy atom. The molecule has 56 valence electrons. The number of methoxy groups -OCH3 is 1. The maximum Gasteiger partial charge on any atom is 0.186 e. The lowest BCUT2D eigenvalue weighted by molar-refractivity contribution is -0.203. The minimum absolute atomic E-state index is 0.222. The molecule has 0 aliphatic heterocycles. The zero-order chi connectivity index (χ0) is 7.33. The van der Waals surface area contributed by atoms with Crippen molar-refractivity contribution in [3.63, 3.8) is 0 Å². The summed E-state index contributed by atoms with van der Waals surface area (Å²) in [5, 5.41) is 9.11. The Kier molecular flexibility index (Phi) is 3.77. The van der Waals surface area contributed by atoms with E-state index in [0.717, 1.165) is 0 Å². The van der Waals surface area contributed by atoms with Gasteiger partial charge in [-0.05, 0) is 13.8 Å². The van der Waals surface area contributed by atoms with Gasteiger partial charge in [-0.25, -0.2) is 0 Å². The minimum atomic E-state index is -1.13. The third-order valence-corrected chi connectivity index (χ3v) is 1.01. The Labute approximate surface area is 55.6 Å². The molecule has 0 spiro atoms. The number of hydrogen-bond donors (Lipinski definition) is 1. The molecule has 0 aromatic carbocycles. The predicted molar refractivity (Wildman–Crippen MR) is 34.1 cm³/mol. The Morgan fingerprint density at radius 1 is 1.56 bits per heavy atom. The second-order valence-corrected chi connectivity index (χ2v) is 2.02. The van der Waals surface area contributed by atoms with Gasteiger partial charge in [0.15, 0.2) is 5.79 Å². The van der Waals surface area contributed by atoms with Crippen LogP contribution in [0.2, 0.25) is 0 Å². The highest BCUT2D eigenvalue weighted by molar-refractivity contribution is 4.54. The van der Waals surface area contributed by atoms with Gasteiger partial charge in [0, 0.05) is 13.7 Å². The first-order valence-corrected chi connectivity index (χ1v) is 2.97. The van der Waals surface area contributed by atoms with E-state index in [1.165, 1.54) is 7.11 Å². The van der Waals surface area contributed by atoms with Gasteiger partial charge in [-0.1, -0.05) is 0 Å². The highest BCUT2D eigenvalue weighted by atomic mass is 16.6. The molecule has 0 radical (unpaired) electrons. The molecule has 0 saturated heterocycles. The zero-order valence-corrected chi connectivity index (χ0v) is 6.18. The quantitative estimate of drug-likeness (QED) is 0.565. The number of aliphatic hydroxyl groups is 1. The van der Waals surface area contributed by atoms with E-state index in [1.807, 2.05) is 6.92 Å². The first kappa shape index (κ1) is 8.88. The second kappa shape index (κ2) is 3.82. The van der Waals surface area contributed by atoms with E-state index in [1.54, 1.807) is 6.92 Å². The third kappa shape index (κ3) is 4.39. The largest absolute Gasteiger partial charge is 0.376 e. The van der Waals surface area contributed by atoms with Gasteiger partial charge in [0.2, 0.25) is 0 Å². The van der Waals surface area contributed by atoms with Crippen LogP contribution in [0.1, 0.15) is 13.8 Å². The highest BCUT2D eigenvalue weighted by Crippen LogP contribution is 2.02. The molecule has 0 rings (SSSR count).